The summed E-state index contributed by atoms with van der Waals surface area (Å²) in [6, 6.07) is 6.68. The summed E-state index contributed by atoms with van der Waals surface area (Å²) in [7, 11) is -3.80. The summed E-state index contributed by atoms with van der Waals surface area (Å²) in [5, 5.41) is 0. The molecule has 2 fully saturated rings. The van der Waals surface area contributed by atoms with Crippen LogP contribution in [0.3, 0.4) is 0 Å². The Bertz CT molecular complexity index is 1030. The van der Waals surface area contributed by atoms with Crippen LogP contribution in [0.5, 0.6) is 0 Å². The molecule has 0 aromatic heterocycles. The Kier molecular flexibility index (Phi) is 6.74. The van der Waals surface area contributed by atoms with E-state index in [1.54, 1.807) is 24.3 Å². The normalized spacial score (nSPS) is 29.6. The molecule has 1 aromatic rings. The largest absolute Gasteiger partial charge is 0.441 e. The van der Waals surface area contributed by atoms with Gasteiger partial charge in [0, 0.05) is 6.04 Å². The number of rotatable bonds is 6. The van der Waals surface area contributed by atoms with Gasteiger partial charge in [-0.15, -0.1) is 0 Å². The van der Waals surface area contributed by atoms with Crippen molar-refractivity contribution in [2.45, 2.75) is 94.9 Å². The standard InChI is InChI=1S/C26H35NO5S/c1-18-8-14-23(15-9-18)33(29,30)32-22-12-10-21(11-13-22)27-24(26(3,4)31-25(27)28)17-20-7-5-6-19(2)16-20/h5,7-9,14-16,19,21-22,24H,6,10-13,17H2,1-4H3. The molecule has 0 radical (unpaired) electrons. The van der Waals surface area contributed by atoms with Crippen LogP contribution >= 0.6 is 0 Å². The molecule has 2 unspecified atom stereocenters. The van der Waals surface area contributed by atoms with Crippen molar-refractivity contribution in [3.63, 3.8) is 0 Å². The molecule has 1 saturated heterocycles. The van der Waals surface area contributed by atoms with E-state index in [-0.39, 0.29) is 29.2 Å². The predicted octanol–water partition coefficient (Wildman–Crippen LogP) is 5.52. The van der Waals surface area contributed by atoms with E-state index < -0.39 is 15.7 Å². The summed E-state index contributed by atoms with van der Waals surface area (Å²) < 4.78 is 36.7. The fourth-order valence-corrected chi connectivity index (χ4v) is 6.33. The van der Waals surface area contributed by atoms with E-state index in [1.807, 2.05) is 25.7 Å². The first kappa shape index (κ1) is 24.0. The summed E-state index contributed by atoms with van der Waals surface area (Å²) in [6.07, 6.45) is 10.4. The SMILES string of the molecule is Cc1ccc(S(=O)(=O)OC2CCC(N3C(=O)OC(C)(C)C3CC3=CC(C)CC=C3)CC2)cc1. The molecule has 2 atom stereocenters. The zero-order valence-corrected chi connectivity index (χ0v) is 20.8. The van der Waals surface area contributed by atoms with E-state index in [2.05, 4.69) is 25.2 Å². The highest BCUT2D eigenvalue weighted by Gasteiger charge is 2.50. The van der Waals surface area contributed by atoms with E-state index in [9.17, 15) is 13.2 Å². The Labute approximate surface area is 197 Å². The number of carbonyl (C=O) groups excluding carboxylic acids is 1. The number of nitrogens with zero attached hydrogens (tertiary/aromatic N) is 1. The van der Waals surface area contributed by atoms with E-state index in [1.165, 1.54) is 5.57 Å². The van der Waals surface area contributed by atoms with Gasteiger partial charge in [0.1, 0.15) is 5.60 Å². The molecule has 6 nitrogen and oxygen atoms in total. The molecule has 1 amide bonds. The molecular formula is C26H35NO5S. The molecule has 1 aliphatic heterocycles. The van der Waals surface area contributed by atoms with Crippen LogP contribution in [0, 0.1) is 12.8 Å². The molecule has 1 heterocycles. The van der Waals surface area contributed by atoms with Gasteiger partial charge in [0.25, 0.3) is 10.1 Å². The molecule has 180 valence electrons. The predicted molar refractivity (Wildman–Crippen MR) is 127 cm³/mol. The average molecular weight is 474 g/mol. The number of cyclic esters (lactones) is 1. The van der Waals surface area contributed by atoms with Gasteiger partial charge >= 0.3 is 6.09 Å². The van der Waals surface area contributed by atoms with Gasteiger partial charge in [0.2, 0.25) is 0 Å². The van der Waals surface area contributed by atoms with Crippen LogP contribution < -0.4 is 0 Å². The number of ether oxygens (including phenoxy) is 1. The Hall–Kier alpha value is -2.12. The van der Waals surface area contributed by atoms with Crippen LogP contribution in [-0.4, -0.2) is 43.2 Å². The number of allylic oxidation sites excluding steroid dienone is 3. The maximum Gasteiger partial charge on any atom is 0.411 e. The highest BCUT2D eigenvalue weighted by atomic mass is 32.2. The van der Waals surface area contributed by atoms with E-state index in [0.29, 0.717) is 31.6 Å². The zero-order valence-electron chi connectivity index (χ0n) is 20.0. The van der Waals surface area contributed by atoms with Crippen molar-refractivity contribution in [2.75, 3.05) is 0 Å². The van der Waals surface area contributed by atoms with Gasteiger partial charge in [-0.05, 0) is 82.9 Å². The van der Waals surface area contributed by atoms with Crippen LogP contribution in [0.1, 0.15) is 64.9 Å². The summed E-state index contributed by atoms with van der Waals surface area (Å²) in [4.78, 5) is 15.0. The fourth-order valence-electron chi connectivity index (χ4n) is 5.20. The van der Waals surface area contributed by atoms with Crippen molar-refractivity contribution in [1.29, 1.82) is 0 Å². The molecule has 2 aliphatic carbocycles. The molecule has 0 bridgehead atoms. The summed E-state index contributed by atoms with van der Waals surface area (Å²) in [5.74, 6) is 0.502. The van der Waals surface area contributed by atoms with Crippen molar-refractivity contribution in [3.05, 3.63) is 53.6 Å². The molecule has 33 heavy (non-hydrogen) atoms. The van der Waals surface area contributed by atoms with E-state index >= 15 is 0 Å². The highest BCUT2D eigenvalue weighted by molar-refractivity contribution is 7.86. The smallest absolute Gasteiger partial charge is 0.411 e. The van der Waals surface area contributed by atoms with Crippen molar-refractivity contribution in [1.82, 2.24) is 4.90 Å². The van der Waals surface area contributed by atoms with Gasteiger partial charge in [-0.3, -0.25) is 9.08 Å². The van der Waals surface area contributed by atoms with Crippen molar-refractivity contribution in [2.24, 2.45) is 5.92 Å². The molecular weight excluding hydrogens is 438 g/mol. The van der Waals surface area contributed by atoms with Crippen LogP contribution in [0.4, 0.5) is 4.79 Å². The molecule has 1 aromatic carbocycles. The zero-order chi connectivity index (χ0) is 23.8. The number of benzene rings is 1. The van der Waals surface area contributed by atoms with Gasteiger partial charge < -0.3 is 4.74 Å². The Morgan fingerprint density at radius 3 is 2.42 bits per heavy atom. The van der Waals surface area contributed by atoms with Gasteiger partial charge in [0.05, 0.1) is 17.0 Å². The minimum atomic E-state index is -3.80. The van der Waals surface area contributed by atoms with Crippen molar-refractivity contribution >= 4 is 16.2 Å². The second kappa shape index (κ2) is 9.26. The minimum absolute atomic E-state index is 0.0248. The van der Waals surface area contributed by atoms with Gasteiger partial charge in [-0.2, -0.15) is 8.42 Å². The minimum Gasteiger partial charge on any atom is -0.441 e. The lowest BCUT2D eigenvalue weighted by Crippen LogP contribution is -2.48. The van der Waals surface area contributed by atoms with Crippen molar-refractivity contribution in [3.8, 4) is 0 Å². The van der Waals surface area contributed by atoms with E-state index in [4.69, 9.17) is 8.92 Å². The topological polar surface area (TPSA) is 72.9 Å². The average Bonchev–Trinajstić information content (AvgIpc) is 2.96. The number of carbonyl (C=O) groups is 1. The van der Waals surface area contributed by atoms with Gasteiger partial charge in [0.15, 0.2) is 0 Å². The maximum atomic E-state index is 12.9. The monoisotopic (exact) mass is 473 g/mol. The second-order valence-corrected chi connectivity index (χ2v) is 11.8. The molecule has 1 saturated carbocycles. The van der Waals surface area contributed by atoms with Gasteiger partial charge in [-0.1, -0.05) is 42.8 Å². The van der Waals surface area contributed by atoms with Crippen LogP contribution in [0.25, 0.3) is 0 Å². The third-order valence-electron chi connectivity index (χ3n) is 7.08. The second-order valence-electron chi connectivity index (χ2n) is 10.2. The first-order valence-corrected chi connectivity index (χ1v) is 13.3. The fraction of sp³-hybridized carbons (Fsp3) is 0.577. The Morgan fingerprint density at radius 2 is 1.79 bits per heavy atom. The van der Waals surface area contributed by atoms with Crippen LogP contribution in [0.15, 0.2) is 53.0 Å². The summed E-state index contributed by atoms with van der Waals surface area (Å²) in [6.45, 7) is 8.08. The number of amides is 1. The lowest BCUT2D eigenvalue weighted by molar-refractivity contribution is 0.0652. The number of aryl methyl sites for hydroxylation is 1. The first-order valence-electron chi connectivity index (χ1n) is 11.9. The lowest BCUT2D eigenvalue weighted by atomic mass is 9.85. The first-order chi connectivity index (χ1) is 15.5. The van der Waals surface area contributed by atoms with E-state index in [0.717, 1.165) is 18.4 Å². The molecule has 4 rings (SSSR count). The summed E-state index contributed by atoms with van der Waals surface area (Å²) in [5.41, 5.74) is 1.67. The van der Waals surface area contributed by atoms with Crippen LogP contribution in [-0.2, 0) is 19.0 Å². The van der Waals surface area contributed by atoms with Crippen molar-refractivity contribution < 1.29 is 22.1 Å². The Balaban J connectivity index is 1.41. The molecule has 3 aliphatic rings. The van der Waals surface area contributed by atoms with Crippen LogP contribution in [0.2, 0.25) is 0 Å². The Morgan fingerprint density at radius 1 is 1.12 bits per heavy atom. The lowest BCUT2D eigenvalue weighted by Gasteiger charge is -2.38. The maximum absolute atomic E-state index is 12.9. The summed E-state index contributed by atoms with van der Waals surface area (Å²) >= 11 is 0. The van der Waals surface area contributed by atoms with Gasteiger partial charge in [-0.25, -0.2) is 4.79 Å². The molecule has 0 N–H and O–H groups in total. The third kappa shape index (κ3) is 5.35. The highest BCUT2D eigenvalue weighted by Crippen LogP contribution is 2.39. The quantitative estimate of drug-likeness (QED) is 0.509. The molecule has 0 spiro atoms. The number of hydrogen-bond donors (Lipinski definition) is 0. The number of hydrogen-bond acceptors (Lipinski definition) is 5. The molecule has 7 heteroatoms. The third-order valence-corrected chi connectivity index (χ3v) is 8.45.